The summed E-state index contributed by atoms with van der Waals surface area (Å²) in [5.74, 6) is 0. The molecule has 1 N–H and O–H groups in total. The molecular formula is C14H15ClN2O. The Labute approximate surface area is 110 Å². The van der Waals surface area contributed by atoms with Crippen LogP contribution in [0.1, 0.15) is 29.7 Å². The molecule has 0 atom stereocenters. The van der Waals surface area contributed by atoms with Crippen LogP contribution < -0.4 is 5.56 Å². The van der Waals surface area contributed by atoms with Crippen molar-refractivity contribution in [3.05, 3.63) is 50.4 Å². The van der Waals surface area contributed by atoms with Crippen molar-refractivity contribution in [1.82, 2.24) is 9.78 Å². The van der Waals surface area contributed by atoms with Crippen molar-refractivity contribution in [2.24, 2.45) is 0 Å². The number of aromatic amines is 1. The number of nitrogens with zero attached hydrogens (tertiary/aromatic N) is 1. The van der Waals surface area contributed by atoms with Crippen LogP contribution in [-0.4, -0.2) is 9.78 Å². The second-order valence-corrected chi connectivity index (χ2v) is 5.26. The predicted molar refractivity (Wildman–Crippen MR) is 72.8 cm³/mol. The summed E-state index contributed by atoms with van der Waals surface area (Å²) in [5.41, 5.74) is 3.93. The van der Waals surface area contributed by atoms with E-state index in [2.05, 4.69) is 5.10 Å². The molecule has 94 valence electrons. The van der Waals surface area contributed by atoms with E-state index in [0.29, 0.717) is 5.02 Å². The van der Waals surface area contributed by atoms with E-state index in [0.717, 1.165) is 48.2 Å². The summed E-state index contributed by atoms with van der Waals surface area (Å²) in [4.78, 5) is 12.3. The molecule has 0 aliphatic heterocycles. The highest BCUT2D eigenvalue weighted by Gasteiger charge is 2.18. The minimum atomic E-state index is 0.0737. The third-order valence-electron chi connectivity index (χ3n) is 3.59. The number of rotatable bonds is 1. The minimum Gasteiger partial charge on any atom is -0.295 e. The quantitative estimate of drug-likeness (QED) is 0.843. The molecule has 1 aliphatic rings. The lowest BCUT2D eigenvalue weighted by Gasteiger charge is -2.07. The third kappa shape index (κ3) is 1.79. The largest absolute Gasteiger partial charge is 0.295 e. The van der Waals surface area contributed by atoms with Crippen molar-refractivity contribution in [2.45, 2.75) is 32.6 Å². The first-order valence-corrected chi connectivity index (χ1v) is 6.64. The first kappa shape index (κ1) is 11.6. The maximum absolute atomic E-state index is 12.3. The van der Waals surface area contributed by atoms with Gasteiger partial charge < -0.3 is 0 Å². The highest BCUT2D eigenvalue weighted by molar-refractivity contribution is 6.31. The fourth-order valence-electron chi connectivity index (χ4n) is 2.49. The second-order valence-electron chi connectivity index (χ2n) is 4.85. The van der Waals surface area contributed by atoms with E-state index in [1.165, 1.54) is 0 Å². The van der Waals surface area contributed by atoms with Crippen LogP contribution in [0.5, 0.6) is 0 Å². The lowest BCUT2D eigenvalue weighted by Crippen LogP contribution is -2.18. The molecular weight excluding hydrogens is 248 g/mol. The van der Waals surface area contributed by atoms with Crippen LogP contribution in [0.15, 0.2) is 23.0 Å². The van der Waals surface area contributed by atoms with Crippen molar-refractivity contribution in [1.29, 1.82) is 0 Å². The number of aryl methyl sites for hydroxylation is 2. The van der Waals surface area contributed by atoms with E-state index >= 15 is 0 Å². The molecule has 2 aromatic rings. The Bertz CT molecular complexity index is 654. The van der Waals surface area contributed by atoms with E-state index < -0.39 is 0 Å². The van der Waals surface area contributed by atoms with Crippen molar-refractivity contribution in [3.63, 3.8) is 0 Å². The third-order valence-corrected chi connectivity index (χ3v) is 4.00. The van der Waals surface area contributed by atoms with Crippen molar-refractivity contribution in [2.75, 3.05) is 0 Å². The predicted octanol–water partition coefficient (Wildman–Crippen LogP) is 3.01. The normalized spacial score (nSPS) is 14.6. The van der Waals surface area contributed by atoms with E-state index in [1.807, 2.05) is 25.1 Å². The van der Waals surface area contributed by atoms with Crippen LogP contribution in [-0.2, 0) is 12.8 Å². The van der Waals surface area contributed by atoms with Gasteiger partial charge in [-0.05, 0) is 50.3 Å². The summed E-state index contributed by atoms with van der Waals surface area (Å²) in [6.07, 6.45) is 4.12. The lowest BCUT2D eigenvalue weighted by atomic mass is 9.98. The molecule has 0 fully saturated rings. The zero-order chi connectivity index (χ0) is 12.7. The average molecular weight is 263 g/mol. The maximum atomic E-state index is 12.3. The van der Waals surface area contributed by atoms with E-state index in [1.54, 1.807) is 4.68 Å². The van der Waals surface area contributed by atoms with Gasteiger partial charge in [-0.1, -0.05) is 17.7 Å². The summed E-state index contributed by atoms with van der Waals surface area (Å²) >= 11 is 6.11. The van der Waals surface area contributed by atoms with Crippen molar-refractivity contribution < 1.29 is 0 Å². The van der Waals surface area contributed by atoms with E-state index in [4.69, 9.17) is 11.6 Å². The Morgan fingerprint density at radius 1 is 1.28 bits per heavy atom. The van der Waals surface area contributed by atoms with Crippen LogP contribution in [0.4, 0.5) is 0 Å². The summed E-state index contributed by atoms with van der Waals surface area (Å²) in [6.45, 7) is 1.95. The Balaban J connectivity index is 2.14. The molecule has 1 aliphatic carbocycles. The zero-order valence-corrected chi connectivity index (χ0v) is 11.0. The Morgan fingerprint density at radius 3 is 2.78 bits per heavy atom. The number of nitrogens with one attached hydrogen (secondary N) is 1. The molecule has 1 aromatic heterocycles. The Morgan fingerprint density at radius 2 is 2.06 bits per heavy atom. The van der Waals surface area contributed by atoms with Gasteiger partial charge in [0.15, 0.2) is 0 Å². The molecule has 0 unspecified atom stereocenters. The zero-order valence-electron chi connectivity index (χ0n) is 10.3. The minimum absolute atomic E-state index is 0.0737. The molecule has 0 saturated heterocycles. The van der Waals surface area contributed by atoms with Gasteiger partial charge in [-0.25, -0.2) is 4.68 Å². The monoisotopic (exact) mass is 262 g/mol. The Hall–Kier alpha value is -1.48. The first-order chi connectivity index (χ1) is 8.66. The van der Waals surface area contributed by atoms with Crippen molar-refractivity contribution >= 4 is 11.6 Å². The topological polar surface area (TPSA) is 37.8 Å². The highest BCUT2D eigenvalue weighted by atomic mass is 35.5. The SMILES string of the molecule is Cc1ccc(-n2[nH]c3c(c2=O)CCCC3)cc1Cl. The number of benzene rings is 1. The smallest absolute Gasteiger partial charge is 0.274 e. The molecule has 0 radical (unpaired) electrons. The molecule has 0 bridgehead atoms. The lowest BCUT2D eigenvalue weighted by molar-refractivity contribution is 0.671. The molecule has 3 rings (SSSR count). The van der Waals surface area contributed by atoms with Gasteiger partial charge >= 0.3 is 0 Å². The van der Waals surface area contributed by atoms with Crippen LogP contribution in [0, 0.1) is 6.92 Å². The molecule has 1 aromatic carbocycles. The molecule has 0 spiro atoms. The summed E-state index contributed by atoms with van der Waals surface area (Å²) < 4.78 is 1.61. The Kier molecular flexibility index (Phi) is 2.78. The van der Waals surface area contributed by atoms with Gasteiger partial charge in [0, 0.05) is 16.3 Å². The summed E-state index contributed by atoms with van der Waals surface area (Å²) in [7, 11) is 0. The van der Waals surface area contributed by atoms with Crippen LogP contribution in [0.2, 0.25) is 5.02 Å². The number of H-pyrrole nitrogens is 1. The van der Waals surface area contributed by atoms with Gasteiger partial charge in [-0.3, -0.25) is 9.89 Å². The van der Waals surface area contributed by atoms with Gasteiger partial charge in [0.1, 0.15) is 0 Å². The number of halogens is 1. The van der Waals surface area contributed by atoms with Gasteiger partial charge in [0.2, 0.25) is 0 Å². The number of hydrogen-bond acceptors (Lipinski definition) is 1. The molecule has 18 heavy (non-hydrogen) atoms. The van der Waals surface area contributed by atoms with Crippen LogP contribution in [0.25, 0.3) is 5.69 Å². The van der Waals surface area contributed by atoms with Gasteiger partial charge in [-0.2, -0.15) is 0 Å². The maximum Gasteiger partial charge on any atom is 0.274 e. The fraction of sp³-hybridized carbons (Fsp3) is 0.357. The first-order valence-electron chi connectivity index (χ1n) is 6.26. The van der Waals surface area contributed by atoms with Gasteiger partial charge in [-0.15, -0.1) is 0 Å². The average Bonchev–Trinajstić information content (AvgIpc) is 2.71. The highest BCUT2D eigenvalue weighted by Crippen LogP contribution is 2.21. The van der Waals surface area contributed by atoms with E-state index in [-0.39, 0.29) is 5.56 Å². The summed E-state index contributed by atoms with van der Waals surface area (Å²) in [5, 5.41) is 3.90. The van der Waals surface area contributed by atoms with Crippen LogP contribution >= 0.6 is 11.6 Å². The molecule has 0 amide bonds. The van der Waals surface area contributed by atoms with Crippen LogP contribution in [0.3, 0.4) is 0 Å². The van der Waals surface area contributed by atoms with Gasteiger partial charge in [0.05, 0.1) is 5.69 Å². The summed E-state index contributed by atoms with van der Waals surface area (Å²) in [6, 6.07) is 5.69. The molecule has 4 heteroatoms. The molecule has 3 nitrogen and oxygen atoms in total. The fourth-order valence-corrected chi connectivity index (χ4v) is 2.66. The van der Waals surface area contributed by atoms with E-state index in [9.17, 15) is 4.79 Å². The second kappa shape index (κ2) is 4.32. The van der Waals surface area contributed by atoms with Gasteiger partial charge in [0.25, 0.3) is 5.56 Å². The molecule has 1 heterocycles. The standard InChI is InChI=1S/C14H15ClN2O/c1-9-6-7-10(8-12(9)15)17-14(18)11-4-2-3-5-13(11)16-17/h6-8,16H,2-5H2,1H3. The number of hydrogen-bond donors (Lipinski definition) is 1. The van der Waals surface area contributed by atoms with Crippen molar-refractivity contribution in [3.8, 4) is 5.69 Å². The number of aromatic nitrogens is 2. The number of fused-ring (bicyclic) bond motifs is 1. The molecule has 0 saturated carbocycles.